The Balaban J connectivity index is 1.70. The van der Waals surface area contributed by atoms with E-state index in [-0.39, 0.29) is 6.61 Å². The Morgan fingerprint density at radius 1 is 1.25 bits per heavy atom. The predicted octanol–water partition coefficient (Wildman–Crippen LogP) is 2.86. The summed E-state index contributed by atoms with van der Waals surface area (Å²) in [5, 5.41) is 16.3. The molecule has 0 aliphatic heterocycles. The van der Waals surface area contributed by atoms with Gasteiger partial charge in [0.15, 0.2) is 11.6 Å². The highest BCUT2D eigenvalue weighted by Gasteiger charge is 2.21. The van der Waals surface area contributed by atoms with Gasteiger partial charge in [-0.05, 0) is 53.8 Å². The van der Waals surface area contributed by atoms with Crippen LogP contribution in [0.4, 0.5) is 0 Å². The van der Waals surface area contributed by atoms with Crippen molar-refractivity contribution < 1.29 is 5.11 Å². The lowest BCUT2D eigenvalue weighted by molar-refractivity contribution is 0.270. The summed E-state index contributed by atoms with van der Waals surface area (Å²) in [6, 6.07) is 3.96. The molecule has 1 N–H and O–H groups in total. The average Bonchev–Trinajstić information content (AvgIpc) is 3.20. The molecule has 0 amide bonds. The lowest BCUT2D eigenvalue weighted by Crippen LogP contribution is -2.07. The number of aryl methyl sites for hydroxylation is 1. The van der Waals surface area contributed by atoms with Crippen LogP contribution in [-0.2, 0) is 25.8 Å². The minimum Gasteiger partial charge on any atom is -0.394 e. The number of pyridine rings is 1. The molecule has 6 heteroatoms. The summed E-state index contributed by atoms with van der Waals surface area (Å²) >= 11 is 1.76. The van der Waals surface area contributed by atoms with E-state index in [9.17, 15) is 5.11 Å². The smallest absolute Gasteiger partial charge is 0.168 e. The summed E-state index contributed by atoms with van der Waals surface area (Å²) < 4.78 is 1.85. The van der Waals surface area contributed by atoms with Crippen molar-refractivity contribution in [3.63, 3.8) is 0 Å². The summed E-state index contributed by atoms with van der Waals surface area (Å²) in [6.45, 7) is 0.540. The second-order valence-electron chi connectivity index (χ2n) is 6.11. The van der Waals surface area contributed by atoms with E-state index in [2.05, 4.69) is 15.5 Å². The van der Waals surface area contributed by atoms with Crippen LogP contribution in [0.2, 0.25) is 0 Å². The second kappa shape index (κ2) is 6.83. The molecule has 0 radical (unpaired) electrons. The van der Waals surface area contributed by atoms with Crippen LogP contribution in [0.5, 0.6) is 0 Å². The van der Waals surface area contributed by atoms with Crippen LogP contribution in [-0.4, -0.2) is 31.5 Å². The molecule has 4 rings (SSSR count). The van der Waals surface area contributed by atoms with Crippen LogP contribution in [0.3, 0.4) is 0 Å². The zero-order chi connectivity index (χ0) is 16.4. The van der Waals surface area contributed by atoms with Crippen molar-refractivity contribution in [1.82, 2.24) is 19.7 Å². The molecule has 3 heterocycles. The molecular weight excluding hydrogens is 320 g/mol. The van der Waals surface area contributed by atoms with E-state index < -0.39 is 0 Å². The highest BCUT2D eigenvalue weighted by Crippen LogP contribution is 2.36. The van der Waals surface area contributed by atoms with Crippen molar-refractivity contribution in [3.05, 3.63) is 52.4 Å². The number of aromatic nitrogens is 4. The SMILES string of the molecule is OCCn1nc(Cc2cccnc2)nc1-c1scc2c1CCCC2. The number of nitrogens with zero attached hydrogens (tertiary/aromatic N) is 4. The highest BCUT2D eigenvalue weighted by molar-refractivity contribution is 7.13. The fourth-order valence-electron chi connectivity index (χ4n) is 3.27. The largest absolute Gasteiger partial charge is 0.394 e. The maximum Gasteiger partial charge on any atom is 0.168 e. The first-order valence-electron chi connectivity index (χ1n) is 8.38. The standard InChI is InChI=1S/C18H20N4OS/c23-9-8-22-18(17-15-6-2-1-5-14(15)12-24-17)20-16(21-22)10-13-4-3-7-19-11-13/h3-4,7,11-12,23H,1-2,5-6,8-10H2. The molecule has 0 spiro atoms. The van der Waals surface area contributed by atoms with Gasteiger partial charge in [0, 0.05) is 18.8 Å². The number of fused-ring (bicyclic) bond motifs is 1. The summed E-state index contributed by atoms with van der Waals surface area (Å²) in [5.41, 5.74) is 4.00. The molecule has 0 atom stereocenters. The first kappa shape index (κ1) is 15.5. The van der Waals surface area contributed by atoms with Gasteiger partial charge in [-0.3, -0.25) is 4.98 Å². The first-order valence-corrected chi connectivity index (χ1v) is 9.26. The van der Waals surface area contributed by atoms with E-state index in [1.165, 1.54) is 35.3 Å². The van der Waals surface area contributed by atoms with Gasteiger partial charge in [0.1, 0.15) is 0 Å². The highest BCUT2D eigenvalue weighted by atomic mass is 32.1. The van der Waals surface area contributed by atoms with Crippen LogP contribution < -0.4 is 0 Å². The van der Waals surface area contributed by atoms with Gasteiger partial charge < -0.3 is 5.11 Å². The minimum absolute atomic E-state index is 0.0657. The summed E-state index contributed by atoms with van der Waals surface area (Å²) in [5.74, 6) is 1.68. The Morgan fingerprint density at radius 2 is 2.17 bits per heavy atom. The quantitative estimate of drug-likeness (QED) is 0.776. The van der Waals surface area contributed by atoms with Gasteiger partial charge in [0.05, 0.1) is 18.0 Å². The maximum atomic E-state index is 9.38. The number of aliphatic hydroxyl groups excluding tert-OH is 1. The summed E-state index contributed by atoms with van der Waals surface area (Å²) in [4.78, 5) is 10.2. The topological polar surface area (TPSA) is 63.8 Å². The molecule has 0 bridgehead atoms. The van der Waals surface area contributed by atoms with Crippen molar-refractivity contribution in [2.45, 2.75) is 38.6 Å². The number of thiophene rings is 1. The molecule has 3 aromatic rings. The first-order chi connectivity index (χ1) is 11.8. The van der Waals surface area contributed by atoms with Gasteiger partial charge in [0.25, 0.3) is 0 Å². The Morgan fingerprint density at radius 3 is 3.00 bits per heavy atom. The van der Waals surface area contributed by atoms with Crippen molar-refractivity contribution in [2.75, 3.05) is 6.61 Å². The van der Waals surface area contributed by atoms with Gasteiger partial charge in [-0.15, -0.1) is 11.3 Å². The molecule has 1 aliphatic carbocycles. The molecule has 0 aromatic carbocycles. The molecule has 0 unspecified atom stereocenters. The number of hydrogen-bond donors (Lipinski definition) is 1. The third-order valence-electron chi connectivity index (χ3n) is 4.42. The van der Waals surface area contributed by atoms with E-state index in [4.69, 9.17) is 4.98 Å². The van der Waals surface area contributed by atoms with E-state index in [0.717, 1.165) is 23.6 Å². The molecule has 0 fully saturated rings. The van der Waals surface area contributed by atoms with E-state index in [0.29, 0.717) is 13.0 Å². The lowest BCUT2D eigenvalue weighted by Gasteiger charge is -2.12. The van der Waals surface area contributed by atoms with Crippen LogP contribution >= 0.6 is 11.3 Å². The van der Waals surface area contributed by atoms with Gasteiger partial charge in [0.2, 0.25) is 0 Å². The van der Waals surface area contributed by atoms with Crippen LogP contribution in [0.15, 0.2) is 29.9 Å². The van der Waals surface area contributed by atoms with Gasteiger partial charge >= 0.3 is 0 Å². The van der Waals surface area contributed by atoms with Crippen molar-refractivity contribution >= 4 is 11.3 Å². The monoisotopic (exact) mass is 340 g/mol. The van der Waals surface area contributed by atoms with Crippen LogP contribution in [0.1, 0.15) is 35.4 Å². The van der Waals surface area contributed by atoms with Gasteiger partial charge in [-0.25, -0.2) is 9.67 Å². The fourth-order valence-corrected chi connectivity index (χ4v) is 4.43. The third kappa shape index (κ3) is 2.99. The molecule has 124 valence electrons. The number of aliphatic hydroxyl groups is 1. The molecule has 0 saturated carbocycles. The van der Waals surface area contributed by atoms with Crippen molar-refractivity contribution in [1.29, 1.82) is 0 Å². The molecule has 5 nitrogen and oxygen atoms in total. The van der Waals surface area contributed by atoms with Crippen LogP contribution in [0.25, 0.3) is 10.7 Å². The summed E-state index contributed by atoms with van der Waals surface area (Å²) in [6.07, 6.45) is 9.09. The van der Waals surface area contributed by atoms with Crippen LogP contribution in [0, 0.1) is 0 Å². The predicted molar refractivity (Wildman–Crippen MR) is 94.1 cm³/mol. The zero-order valence-corrected chi connectivity index (χ0v) is 14.3. The second-order valence-corrected chi connectivity index (χ2v) is 6.99. The Kier molecular flexibility index (Phi) is 4.40. The van der Waals surface area contributed by atoms with E-state index in [1.54, 1.807) is 17.5 Å². The average molecular weight is 340 g/mol. The normalized spacial score (nSPS) is 13.9. The lowest BCUT2D eigenvalue weighted by atomic mass is 9.94. The molecule has 0 saturated heterocycles. The Bertz CT molecular complexity index is 825. The fraction of sp³-hybridized carbons (Fsp3) is 0.389. The van der Waals surface area contributed by atoms with Crippen molar-refractivity contribution in [3.8, 4) is 10.7 Å². The van der Waals surface area contributed by atoms with Gasteiger partial charge in [-0.2, -0.15) is 5.10 Å². The zero-order valence-electron chi connectivity index (χ0n) is 13.5. The molecule has 1 aliphatic rings. The molecule has 3 aromatic heterocycles. The Labute approximate surface area is 145 Å². The van der Waals surface area contributed by atoms with E-state index >= 15 is 0 Å². The summed E-state index contributed by atoms with van der Waals surface area (Å²) in [7, 11) is 0. The minimum atomic E-state index is 0.0657. The maximum absolute atomic E-state index is 9.38. The van der Waals surface area contributed by atoms with E-state index in [1.807, 2.05) is 23.0 Å². The number of rotatable bonds is 5. The van der Waals surface area contributed by atoms with Crippen molar-refractivity contribution in [2.24, 2.45) is 0 Å². The Hall–Kier alpha value is -2.05. The molecule has 24 heavy (non-hydrogen) atoms. The molecular formula is C18H20N4OS. The third-order valence-corrected chi connectivity index (χ3v) is 5.49. The number of hydrogen-bond acceptors (Lipinski definition) is 5. The van der Waals surface area contributed by atoms with Gasteiger partial charge in [-0.1, -0.05) is 6.07 Å².